The van der Waals surface area contributed by atoms with E-state index in [9.17, 15) is 38.7 Å². The lowest BCUT2D eigenvalue weighted by Crippen LogP contribution is -2.59. The highest BCUT2D eigenvalue weighted by Gasteiger charge is 2.46. The van der Waals surface area contributed by atoms with Crippen LogP contribution in [0.5, 0.6) is 0 Å². The fourth-order valence-corrected chi connectivity index (χ4v) is 9.18. The molecule has 1 aliphatic heterocycles. The number of nitrogens with zero attached hydrogens (tertiary/aromatic N) is 3. The first-order valence-electron chi connectivity index (χ1n) is 21.3. The van der Waals surface area contributed by atoms with Crippen molar-refractivity contribution in [2.45, 2.75) is 141 Å². The summed E-state index contributed by atoms with van der Waals surface area (Å²) in [5, 5.41) is 18.1. The van der Waals surface area contributed by atoms with Crippen LogP contribution >= 0.6 is 0 Å². The maximum atomic E-state index is 14.8. The summed E-state index contributed by atoms with van der Waals surface area (Å²) in [7, 11) is 0. The van der Waals surface area contributed by atoms with Gasteiger partial charge in [0.15, 0.2) is 5.78 Å². The molecule has 1 aromatic heterocycles. The summed E-state index contributed by atoms with van der Waals surface area (Å²) in [5.41, 5.74) is 0.860. The fraction of sp³-hybridized carbons (Fsp3) is 0.614. The van der Waals surface area contributed by atoms with Crippen molar-refractivity contribution in [3.63, 3.8) is 0 Å². The SMILES string of the molecule is CCCC(NC(=O)[C@@H]1[C@@H](CC)CCN1C(=O)[C@@H](NC(=O)[C@@H](CC(=O)c1cnccn1)C1CCCCC1)C1CCCCC1)C(=O)C(=O)N[C@@H](Cc1ccccc1)C(=O)O. The molecular formula is C44H60N6O8. The fourth-order valence-electron chi connectivity index (χ4n) is 9.18. The topological polar surface area (TPSA) is 205 Å². The molecular weight excluding hydrogens is 741 g/mol. The lowest BCUT2D eigenvalue weighted by Gasteiger charge is -2.37. The van der Waals surface area contributed by atoms with E-state index >= 15 is 0 Å². The molecule has 1 aromatic carbocycles. The first-order chi connectivity index (χ1) is 28.0. The van der Waals surface area contributed by atoms with Crippen LogP contribution in [0.1, 0.15) is 126 Å². The molecule has 2 aromatic rings. The van der Waals surface area contributed by atoms with Crippen LogP contribution < -0.4 is 16.0 Å². The molecule has 1 unspecified atom stereocenters. The first kappa shape index (κ1) is 44.1. The van der Waals surface area contributed by atoms with E-state index in [1.165, 1.54) is 23.5 Å². The lowest BCUT2D eigenvalue weighted by molar-refractivity contribution is -0.146. The van der Waals surface area contributed by atoms with Gasteiger partial charge in [-0.05, 0) is 61.8 Å². The largest absolute Gasteiger partial charge is 0.480 e. The van der Waals surface area contributed by atoms with Crippen molar-refractivity contribution in [2.75, 3.05) is 6.54 Å². The van der Waals surface area contributed by atoms with Gasteiger partial charge in [-0.3, -0.25) is 33.8 Å². The van der Waals surface area contributed by atoms with Crippen molar-refractivity contribution in [3.8, 4) is 0 Å². The summed E-state index contributed by atoms with van der Waals surface area (Å²) in [6, 6.07) is 4.28. The smallest absolute Gasteiger partial charge is 0.326 e. The summed E-state index contributed by atoms with van der Waals surface area (Å²) < 4.78 is 0. The van der Waals surface area contributed by atoms with Gasteiger partial charge < -0.3 is 26.0 Å². The number of carboxylic acid groups (broad SMARTS) is 1. The van der Waals surface area contributed by atoms with E-state index in [0.29, 0.717) is 24.8 Å². The highest BCUT2D eigenvalue weighted by Crippen LogP contribution is 2.35. The summed E-state index contributed by atoms with van der Waals surface area (Å²) in [6.45, 7) is 4.01. The molecule has 1 saturated heterocycles. The van der Waals surface area contributed by atoms with Gasteiger partial charge in [-0.15, -0.1) is 0 Å². The summed E-state index contributed by atoms with van der Waals surface area (Å²) in [6.07, 6.45) is 14.8. The molecule has 2 saturated carbocycles. The highest BCUT2D eigenvalue weighted by molar-refractivity contribution is 6.38. The van der Waals surface area contributed by atoms with Crippen LogP contribution in [0.2, 0.25) is 0 Å². The third kappa shape index (κ3) is 11.6. The predicted molar refractivity (Wildman–Crippen MR) is 215 cm³/mol. The molecule has 2 aliphatic carbocycles. The van der Waals surface area contributed by atoms with Crippen LogP contribution in [0.3, 0.4) is 0 Å². The Labute approximate surface area is 341 Å². The van der Waals surface area contributed by atoms with Gasteiger partial charge in [-0.25, -0.2) is 9.78 Å². The maximum Gasteiger partial charge on any atom is 0.326 e. The number of rotatable bonds is 19. The number of nitrogens with one attached hydrogen (secondary N) is 3. The van der Waals surface area contributed by atoms with Crippen molar-refractivity contribution < 1.29 is 38.7 Å². The number of hydrogen-bond donors (Lipinski definition) is 4. The summed E-state index contributed by atoms with van der Waals surface area (Å²) in [4.78, 5) is 106. The Hall–Kier alpha value is -5.01. The minimum absolute atomic E-state index is 0.0272. The first-order valence-corrected chi connectivity index (χ1v) is 21.3. The van der Waals surface area contributed by atoms with Gasteiger partial charge in [-0.2, -0.15) is 0 Å². The van der Waals surface area contributed by atoms with Crippen molar-refractivity contribution in [2.24, 2.45) is 23.7 Å². The molecule has 5 rings (SSSR count). The number of ketones is 2. The number of aliphatic carboxylic acids is 1. The van der Waals surface area contributed by atoms with Crippen LogP contribution in [-0.2, 0) is 35.2 Å². The maximum absolute atomic E-state index is 14.8. The molecule has 0 radical (unpaired) electrons. The van der Waals surface area contributed by atoms with Crippen molar-refractivity contribution in [1.82, 2.24) is 30.8 Å². The number of carbonyl (C=O) groups is 7. The summed E-state index contributed by atoms with van der Waals surface area (Å²) in [5.74, 6) is -6.00. The molecule has 4 N–H and O–H groups in total. The average molecular weight is 801 g/mol. The van der Waals surface area contributed by atoms with Gasteiger partial charge in [0.1, 0.15) is 23.8 Å². The molecule has 0 spiro atoms. The third-order valence-corrected chi connectivity index (χ3v) is 12.4. The third-order valence-electron chi connectivity index (χ3n) is 12.4. The highest BCUT2D eigenvalue weighted by atomic mass is 16.4. The zero-order valence-corrected chi connectivity index (χ0v) is 33.9. The van der Waals surface area contributed by atoms with Crippen LogP contribution in [0.4, 0.5) is 0 Å². The van der Waals surface area contributed by atoms with Crippen molar-refractivity contribution >= 4 is 41.2 Å². The second kappa shape index (κ2) is 21.7. The van der Waals surface area contributed by atoms with Gasteiger partial charge in [0, 0.05) is 37.7 Å². The minimum Gasteiger partial charge on any atom is -0.480 e. The normalized spacial score (nSPS) is 20.9. The van der Waals surface area contributed by atoms with Crippen molar-refractivity contribution in [1.29, 1.82) is 0 Å². The standard InChI is InChI=1S/C44H60N6O8/c1-3-14-33(39(52)42(55)48-34(44(57)58)25-28-15-8-5-9-16-28)47-41(54)38-29(4-2)21-24-50(38)43(56)37(31-19-12-7-13-20-31)49-40(53)32(30-17-10-6-11-18-30)26-36(51)35-27-45-22-23-46-35/h5,8-9,15-16,22-23,27,29-34,37-38H,3-4,6-7,10-14,17-21,24-26H2,1-2H3,(H,47,54)(H,48,55)(H,49,53)(H,57,58)/t29-,32-,33?,34-,37-,38-/m0/s1. The Morgan fingerprint density at radius 2 is 1.48 bits per heavy atom. The average Bonchev–Trinajstić information content (AvgIpc) is 3.69. The molecule has 14 nitrogen and oxygen atoms in total. The van der Waals surface area contributed by atoms with E-state index in [0.717, 1.165) is 64.2 Å². The zero-order valence-electron chi connectivity index (χ0n) is 33.9. The van der Waals surface area contributed by atoms with E-state index in [1.807, 2.05) is 6.92 Å². The Morgan fingerprint density at radius 1 is 0.810 bits per heavy atom. The number of carboxylic acids is 1. The van der Waals surface area contributed by atoms with E-state index in [1.54, 1.807) is 37.3 Å². The zero-order chi connectivity index (χ0) is 41.6. The number of aromatic nitrogens is 2. The van der Waals surface area contributed by atoms with Crippen LogP contribution in [0, 0.1) is 23.7 Å². The predicted octanol–water partition coefficient (Wildman–Crippen LogP) is 4.60. The Balaban J connectivity index is 1.34. The molecule has 14 heteroatoms. The van der Waals surface area contributed by atoms with E-state index in [-0.39, 0.29) is 66.9 Å². The number of Topliss-reactive ketones (excluding diaryl/α,β-unsaturated/α-hetero) is 2. The van der Waals surface area contributed by atoms with E-state index in [2.05, 4.69) is 25.9 Å². The quantitative estimate of drug-likeness (QED) is 0.115. The molecule has 6 atom stereocenters. The van der Waals surface area contributed by atoms with E-state index < -0.39 is 53.7 Å². The number of likely N-dealkylation sites (tertiary alicyclic amines) is 1. The van der Waals surface area contributed by atoms with E-state index in [4.69, 9.17) is 0 Å². The number of benzene rings is 1. The summed E-state index contributed by atoms with van der Waals surface area (Å²) >= 11 is 0. The second-order valence-electron chi connectivity index (χ2n) is 16.3. The van der Waals surface area contributed by atoms with Gasteiger partial charge in [0.05, 0.1) is 12.2 Å². The van der Waals surface area contributed by atoms with Crippen LogP contribution in [0.25, 0.3) is 0 Å². The molecule has 0 bridgehead atoms. The number of carbonyl (C=O) groups excluding carboxylic acids is 6. The number of amides is 4. The Kier molecular flexibility index (Phi) is 16.5. The van der Waals surface area contributed by atoms with Gasteiger partial charge in [0.2, 0.25) is 23.5 Å². The molecule has 3 aliphatic rings. The monoisotopic (exact) mass is 800 g/mol. The molecule has 58 heavy (non-hydrogen) atoms. The van der Waals surface area contributed by atoms with Crippen LogP contribution in [-0.4, -0.2) is 91.9 Å². The van der Waals surface area contributed by atoms with Gasteiger partial charge in [0.25, 0.3) is 5.91 Å². The molecule has 314 valence electrons. The Morgan fingerprint density at radius 3 is 2.09 bits per heavy atom. The molecule has 4 amide bonds. The second-order valence-corrected chi connectivity index (χ2v) is 16.3. The number of hydrogen-bond acceptors (Lipinski definition) is 9. The lowest BCUT2D eigenvalue weighted by atomic mass is 9.76. The minimum atomic E-state index is -1.36. The molecule has 2 heterocycles. The van der Waals surface area contributed by atoms with Crippen molar-refractivity contribution in [3.05, 3.63) is 60.2 Å². The van der Waals surface area contributed by atoms with Gasteiger partial charge in [-0.1, -0.05) is 95.5 Å². The Bertz CT molecular complexity index is 1730. The van der Waals surface area contributed by atoms with Gasteiger partial charge >= 0.3 is 5.97 Å². The molecule has 3 fully saturated rings. The van der Waals surface area contributed by atoms with Crippen LogP contribution in [0.15, 0.2) is 48.9 Å².